The lowest BCUT2D eigenvalue weighted by Gasteiger charge is -2.06. The zero-order chi connectivity index (χ0) is 5.91. The topological polar surface area (TPSA) is 0 Å². The largest absolute Gasteiger partial charge is 0.0932 e. The van der Waals surface area contributed by atoms with E-state index in [1.165, 1.54) is 5.54 Å². The minimum atomic E-state index is 0.0503. The van der Waals surface area contributed by atoms with Gasteiger partial charge in [0, 0.05) is 9.86 Å². The van der Waals surface area contributed by atoms with Gasteiger partial charge in [-0.05, 0) is 13.8 Å². The molecule has 0 atom stereocenters. The van der Waals surface area contributed by atoms with Gasteiger partial charge < -0.3 is 0 Å². The average molecular weight is 183 g/mol. The Bertz CT molecular complexity index is 70.6. The Morgan fingerprint density at radius 1 is 1.57 bits per heavy atom. The molecule has 0 saturated heterocycles. The first-order valence-electron chi connectivity index (χ1n) is 2.03. The van der Waals surface area contributed by atoms with Crippen LogP contribution < -0.4 is 0 Å². The number of halogens is 2. The molecule has 0 unspecified atom stereocenters. The second-order valence-electron chi connectivity index (χ2n) is 1.86. The van der Waals surface area contributed by atoms with E-state index in [1.807, 2.05) is 19.9 Å². The van der Waals surface area contributed by atoms with Crippen LogP contribution in [0.5, 0.6) is 0 Å². The lowest BCUT2D eigenvalue weighted by atomic mass is 10.2. The number of allylic oxidation sites excluding steroid dienone is 1. The van der Waals surface area contributed by atoms with Crippen molar-refractivity contribution in [2.45, 2.75) is 18.2 Å². The Morgan fingerprint density at radius 3 is 2.00 bits per heavy atom. The maximum absolute atomic E-state index is 5.28. The normalized spacial score (nSPS) is 13.1. The summed E-state index contributed by atoms with van der Waals surface area (Å²) >= 11 is 8.64. The number of hydrogen-bond donors (Lipinski definition) is 0. The Kier molecular flexibility index (Phi) is 2.93. The molecular formula is C5H8BrCl. The predicted octanol–water partition coefficient (Wildman–Crippen LogP) is 2.91. The minimum absolute atomic E-state index is 0.0503. The summed E-state index contributed by atoms with van der Waals surface area (Å²) in [5.41, 5.74) is 1.51. The van der Waals surface area contributed by atoms with Crippen LogP contribution in [0.2, 0.25) is 0 Å². The summed E-state index contributed by atoms with van der Waals surface area (Å²) in [7, 11) is 0. The van der Waals surface area contributed by atoms with Gasteiger partial charge in [0.25, 0.3) is 0 Å². The van der Waals surface area contributed by atoms with Crippen LogP contribution in [0, 0.1) is 0 Å². The Balaban J connectivity index is 3.56. The molecule has 0 aromatic carbocycles. The fourth-order valence-corrected chi connectivity index (χ4v) is 0.749. The number of alkyl halides is 1. The molecule has 0 aliphatic carbocycles. The Labute approximate surface area is 57.7 Å². The molecule has 0 saturated carbocycles. The van der Waals surface area contributed by atoms with E-state index >= 15 is 0 Å². The quantitative estimate of drug-likeness (QED) is 0.549. The molecule has 2 heteroatoms. The highest BCUT2D eigenvalue weighted by atomic mass is 79.9. The monoisotopic (exact) mass is 182 g/mol. The molecule has 0 radical (unpaired) electrons. The number of hydrogen-bond acceptors (Lipinski definition) is 0. The van der Waals surface area contributed by atoms with Gasteiger partial charge in [-0.1, -0.05) is 33.6 Å². The average Bonchev–Trinajstić information content (AvgIpc) is 1.30. The molecule has 0 nitrogen and oxygen atoms in total. The van der Waals surface area contributed by atoms with Crippen LogP contribution in [0.25, 0.3) is 0 Å². The molecule has 0 aliphatic rings. The highest BCUT2D eigenvalue weighted by Crippen LogP contribution is 2.16. The first kappa shape index (κ1) is 7.51. The summed E-state index contributed by atoms with van der Waals surface area (Å²) in [5.74, 6) is 0. The molecule has 0 heterocycles. The lowest BCUT2D eigenvalue weighted by Crippen LogP contribution is -2.01. The molecule has 7 heavy (non-hydrogen) atoms. The zero-order valence-electron chi connectivity index (χ0n) is 4.41. The molecule has 0 fully saturated rings. The summed E-state index contributed by atoms with van der Waals surface area (Å²) in [4.78, 5) is 0. The lowest BCUT2D eigenvalue weighted by molar-refractivity contribution is 0.923. The van der Waals surface area contributed by atoms with Gasteiger partial charge in [0.05, 0.1) is 0 Å². The van der Waals surface area contributed by atoms with Crippen molar-refractivity contribution < 1.29 is 0 Å². The van der Waals surface area contributed by atoms with E-state index in [4.69, 9.17) is 11.6 Å². The molecule has 0 rings (SSSR count). The molecular weight excluding hydrogens is 175 g/mol. The molecule has 0 aromatic heterocycles. The molecule has 0 amide bonds. The molecule has 0 aromatic rings. The highest BCUT2D eigenvalue weighted by Gasteiger charge is 2.04. The maximum Gasteiger partial charge on any atom is 0.0391 e. The standard InChI is InChI=1S/C5H8BrCl/c1-5(2,6)3-4-7/h3-4H,1-2H3. The SMILES string of the molecule is CC(C)(Br)C=CCl. The van der Waals surface area contributed by atoms with Crippen LogP contribution in [0.1, 0.15) is 13.8 Å². The second-order valence-corrected chi connectivity index (χ2v) is 4.15. The first-order valence-corrected chi connectivity index (χ1v) is 3.26. The second kappa shape index (κ2) is 2.73. The Hall–Kier alpha value is 0.510. The van der Waals surface area contributed by atoms with Crippen molar-refractivity contribution in [2.75, 3.05) is 0 Å². The van der Waals surface area contributed by atoms with E-state index in [-0.39, 0.29) is 4.32 Å². The molecule has 0 spiro atoms. The van der Waals surface area contributed by atoms with Gasteiger partial charge in [-0.25, -0.2) is 0 Å². The predicted molar refractivity (Wildman–Crippen MR) is 38.0 cm³/mol. The smallest absolute Gasteiger partial charge is 0.0391 e. The van der Waals surface area contributed by atoms with Gasteiger partial charge in [-0.2, -0.15) is 0 Å². The van der Waals surface area contributed by atoms with Crippen LogP contribution in [0.4, 0.5) is 0 Å². The molecule has 0 aliphatic heterocycles. The minimum Gasteiger partial charge on any atom is -0.0932 e. The van der Waals surface area contributed by atoms with Gasteiger partial charge in [-0.15, -0.1) is 0 Å². The van der Waals surface area contributed by atoms with Crippen molar-refractivity contribution in [2.24, 2.45) is 0 Å². The van der Waals surface area contributed by atoms with E-state index in [2.05, 4.69) is 15.9 Å². The van der Waals surface area contributed by atoms with Gasteiger partial charge in [0.15, 0.2) is 0 Å². The summed E-state index contributed by atoms with van der Waals surface area (Å²) < 4.78 is 0.0503. The van der Waals surface area contributed by atoms with Gasteiger partial charge in [0.2, 0.25) is 0 Å². The Morgan fingerprint density at radius 2 is 2.00 bits per heavy atom. The van der Waals surface area contributed by atoms with Crippen molar-refractivity contribution in [3.63, 3.8) is 0 Å². The van der Waals surface area contributed by atoms with Gasteiger partial charge in [0.1, 0.15) is 0 Å². The summed E-state index contributed by atoms with van der Waals surface area (Å²) in [6, 6.07) is 0. The van der Waals surface area contributed by atoms with E-state index in [1.54, 1.807) is 0 Å². The van der Waals surface area contributed by atoms with Crippen LogP contribution in [-0.2, 0) is 0 Å². The molecule has 0 bridgehead atoms. The summed E-state index contributed by atoms with van der Waals surface area (Å²) in [6.07, 6.45) is 1.87. The zero-order valence-corrected chi connectivity index (χ0v) is 6.75. The van der Waals surface area contributed by atoms with Gasteiger partial charge in [-0.3, -0.25) is 0 Å². The molecule has 0 N–H and O–H groups in total. The van der Waals surface area contributed by atoms with Crippen LogP contribution in [0.15, 0.2) is 11.6 Å². The van der Waals surface area contributed by atoms with E-state index < -0.39 is 0 Å². The maximum atomic E-state index is 5.28. The van der Waals surface area contributed by atoms with E-state index in [0.29, 0.717) is 0 Å². The van der Waals surface area contributed by atoms with Crippen molar-refractivity contribution in [3.8, 4) is 0 Å². The van der Waals surface area contributed by atoms with Gasteiger partial charge >= 0.3 is 0 Å². The summed E-state index contributed by atoms with van der Waals surface area (Å²) in [6.45, 7) is 4.04. The number of rotatable bonds is 1. The fraction of sp³-hybridized carbons (Fsp3) is 0.600. The van der Waals surface area contributed by atoms with Crippen molar-refractivity contribution in [1.29, 1.82) is 0 Å². The van der Waals surface area contributed by atoms with Crippen LogP contribution >= 0.6 is 27.5 Å². The van der Waals surface area contributed by atoms with Crippen LogP contribution in [0.3, 0.4) is 0 Å². The van der Waals surface area contributed by atoms with E-state index in [9.17, 15) is 0 Å². The van der Waals surface area contributed by atoms with Crippen molar-refractivity contribution in [1.82, 2.24) is 0 Å². The third kappa shape index (κ3) is 6.51. The fourth-order valence-electron chi connectivity index (χ4n) is 0.150. The third-order valence-electron chi connectivity index (χ3n) is 0.459. The first-order chi connectivity index (χ1) is 3.06. The molecule has 42 valence electrons. The third-order valence-corrected chi connectivity index (χ3v) is 0.850. The van der Waals surface area contributed by atoms with Crippen LogP contribution in [-0.4, -0.2) is 4.32 Å². The van der Waals surface area contributed by atoms with E-state index in [0.717, 1.165) is 0 Å². The van der Waals surface area contributed by atoms with Crippen molar-refractivity contribution in [3.05, 3.63) is 11.6 Å². The summed E-state index contributed by atoms with van der Waals surface area (Å²) in [5, 5.41) is 0. The highest BCUT2D eigenvalue weighted by molar-refractivity contribution is 9.10. The van der Waals surface area contributed by atoms with Crippen molar-refractivity contribution >= 4 is 27.5 Å².